The second kappa shape index (κ2) is 8.85. The monoisotopic (exact) mass is 449 g/mol. The Morgan fingerprint density at radius 1 is 1.12 bits per heavy atom. The molecule has 0 radical (unpaired) electrons. The van der Waals surface area contributed by atoms with E-state index < -0.39 is 18.0 Å². The Hall–Kier alpha value is -4.02. The topological polar surface area (TPSA) is 123 Å². The number of nitrogens with zero attached hydrogens (tertiary/aromatic N) is 4. The molecule has 170 valence electrons. The van der Waals surface area contributed by atoms with E-state index in [0.717, 1.165) is 10.5 Å². The zero-order chi connectivity index (χ0) is 23.6. The van der Waals surface area contributed by atoms with Gasteiger partial charge in [0.15, 0.2) is 5.65 Å². The highest BCUT2D eigenvalue weighted by Crippen LogP contribution is 2.35. The van der Waals surface area contributed by atoms with Crippen LogP contribution >= 0.6 is 0 Å². The number of carbonyl (C=O) groups is 1. The summed E-state index contributed by atoms with van der Waals surface area (Å²) in [5.41, 5.74) is 1.63. The van der Waals surface area contributed by atoms with E-state index in [9.17, 15) is 14.7 Å². The first-order valence-corrected chi connectivity index (χ1v) is 10.1. The van der Waals surface area contributed by atoms with Gasteiger partial charge >= 0.3 is 11.8 Å². The Kier molecular flexibility index (Phi) is 5.95. The second-order valence-electron chi connectivity index (χ2n) is 7.28. The van der Waals surface area contributed by atoms with Crippen LogP contribution in [0.1, 0.15) is 24.1 Å². The molecule has 3 aromatic heterocycles. The molecule has 10 nitrogen and oxygen atoms in total. The third-order valence-corrected chi connectivity index (χ3v) is 5.51. The van der Waals surface area contributed by atoms with Gasteiger partial charge in [-0.1, -0.05) is 36.4 Å². The molecule has 0 aliphatic carbocycles. The van der Waals surface area contributed by atoms with Crippen molar-refractivity contribution in [2.45, 2.75) is 18.9 Å². The summed E-state index contributed by atoms with van der Waals surface area (Å²) >= 11 is 0. The minimum absolute atomic E-state index is 0.0219. The molecule has 10 heteroatoms. The van der Waals surface area contributed by atoms with Crippen LogP contribution in [0.4, 0.5) is 10.6 Å². The van der Waals surface area contributed by atoms with Crippen molar-refractivity contribution in [1.82, 2.24) is 19.5 Å². The lowest BCUT2D eigenvalue weighted by atomic mass is 10.1. The SMILES string of the molecule is COC(OC)(c1ccccc1)N(C(=O)O)c1ccc2[nH]c(=O)n(C(C)c3cccnc3)c2n1. The first kappa shape index (κ1) is 22.2. The van der Waals surface area contributed by atoms with E-state index >= 15 is 0 Å². The van der Waals surface area contributed by atoms with E-state index in [1.807, 2.05) is 13.0 Å². The van der Waals surface area contributed by atoms with Crippen LogP contribution in [0.15, 0.2) is 71.8 Å². The number of rotatable bonds is 7. The number of pyridine rings is 2. The number of fused-ring (bicyclic) bond motifs is 1. The van der Waals surface area contributed by atoms with Crippen molar-refractivity contribution in [3.8, 4) is 0 Å². The van der Waals surface area contributed by atoms with Gasteiger partial charge in [0.25, 0.3) is 5.91 Å². The lowest BCUT2D eigenvalue weighted by molar-refractivity contribution is -0.211. The predicted octanol–water partition coefficient (Wildman–Crippen LogP) is 3.32. The van der Waals surface area contributed by atoms with E-state index in [1.54, 1.807) is 54.9 Å². The van der Waals surface area contributed by atoms with E-state index in [-0.39, 0.29) is 17.2 Å². The van der Waals surface area contributed by atoms with Crippen LogP contribution < -0.4 is 10.6 Å². The third-order valence-electron chi connectivity index (χ3n) is 5.51. The molecule has 1 aromatic carbocycles. The number of hydrogen-bond donors (Lipinski definition) is 2. The Bertz CT molecular complexity index is 1320. The van der Waals surface area contributed by atoms with Crippen molar-refractivity contribution in [1.29, 1.82) is 0 Å². The van der Waals surface area contributed by atoms with Crippen molar-refractivity contribution in [2.24, 2.45) is 0 Å². The molecule has 1 amide bonds. The fourth-order valence-corrected chi connectivity index (χ4v) is 3.90. The molecule has 4 rings (SSSR count). The molecule has 0 saturated heterocycles. The van der Waals surface area contributed by atoms with Crippen LogP contribution in [-0.4, -0.2) is 44.9 Å². The molecular formula is C23H23N5O5. The van der Waals surface area contributed by atoms with E-state index in [4.69, 9.17) is 9.47 Å². The smallest absolute Gasteiger partial charge is 0.417 e. The number of methoxy groups -OCH3 is 2. The van der Waals surface area contributed by atoms with Gasteiger partial charge in [-0.25, -0.2) is 19.5 Å². The Labute approximate surface area is 189 Å². The fraction of sp³-hybridized carbons (Fsp3) is 0.217. The third kappa shape index (κ3) is 3.75. The van der Waals surface area contributed by atoms with Gasteiger partial charge in [0.05, 0.1) is 11.6 Å². The molecule has 0 aliphatic heterocycles. The largest absolute Gasteiger partial charge is 0.464 e. The van der Waals surface area contributed by atoms with Crippen LogP contribution in [0.25, 0.3) is 11.2 Å². The number of imidazole rings is 1. The molecule has 0 fully saturated rings. The van der Waals surface area contributed by atoms with Gasteiger partial charge in [-0.2, -0.15) is 0 Å². The van der Waals surface area contributed by atoms with Crippen LogP contribution in [0, 0.1) is 0 Å². The summed E-state index contributed by atoms with van der Waals surface area (Å²) < 4.78 is 12.7. The summed E-state index contributed by atoms with van der Waals surface area (Å²) in [7, 11) is 2.70. The second-order valence-corrected chi connectivity index (χ2v) is 7.28. The number of H-pyrrole nitrogens is 1. The quantitative estimate of drug-likeness (QED) is 0.415. The van der Waals surface area contributed by atoms with Gasteiger partial charge in [-0.3, -0.25) is 9.55 Å². The van der Waals surface area contributed by atoms with Crippen molar-refractivity contribution in [2.75, 3.05) is 19.1 Å². The number of amides is 1. The van der Waals surface area contributed by atoms with Gasteiger partial charge < -0.3 is 19.6 Å². The molecule has 4 aromatic rings. The molecule has 1 atom stereocenters. The summed E-state index contributed by atoms with van der Waals surface area (Å²) in [5, 5.41) is 10.2. The molecule has 3 heterocycles. The maximum absolute atomic E-state index is 12.8. The lowest BCUT2D eigenvalue weighted by Crippen LogP contribution is -2.52. The highest BCUT2D eigenvalue weighted by atomic mass is 16.7. The van der Waals surface area contributed by atoms with Crippen molar-refractivity contribution in [3.05, 3.63) is 88.6 Å². The van der Waals surface area contributed by atoms with Gasteiger partial charge in [0, 0.05) is 32.2 Å². The summed E-state index contributed by atoms with van der Waals surface area (Å²) in [6.45, 7) is 1.84. The summed E-state index contributed by atoms with van der Waals surface area (Å²) in [5.74, 6) is -1.78. The van der Waals surface area contributed by atoms with Crippen LogP contribution in [0.2, 0.25) is 0 Å². The van der Waals surface area contributed by atoms with Crippen molar-refractivity contribution < 1.29 is 19.4 Å². The maximum Gasteiger partial charge on any atom is 0.417 e. The van der Waals surface area contributed by atoms with Crippen LogP contribution in [-0.2, 0) is 15.4 Å². The van der Waals surface area contributed by atoms with Gasteiger partial charge in [0.2, 0.25) is 0 Å². The average Bonchev–Trinajstić information content (AvgIpc) is 3.17. The molecule has 0 aliphatic rings. The fourth-order valence-electron chi connectivity index (χ4n) is 3.90. The number of aromatic nitrogens is 4. The van der Waals surface area contributed by atoms with Crippen LogP contribution in [0.5, 0.6) is 0 Å². The maximum atomic E-state index is 12.8. The Morgan fingerprint density at radius 2 is 1.85 bits per heavy atom. The summed E-state index contributed by atoms with van der Waals surface area (Å²) in [6.07, 6.45) is 1.97. The van der Waals surface area contributed by atoms with Crippen molar-refractivity contribution in [3.63, 3.8) is 0 Å². The summed E-state index contributed by atoms with van der Waals surface area (Å²) in [4.78, 5) is 37.5. The number of benzene rings is 1. The number of anilines is 1. The van der Waals surface area contributed by atoms with Gasteiger partial charge in [0.1, 0.15) is 5.82 Å². The van der Waals surface area contributed by atoms with Crippen LogP contribution in [0.3, 0.4) is 0 Å². The minimum atomic E-state index is -1.80. The lowest BCUT2D eigenvalue weighted by Gasteiger charge is -2.38. The molecule has 1 unspecified atom stereocenters. The van der Waals surface area contributed by atoms with E-state index in [0.29, 0.717) is 11.1 Å². The first-order chi connectivity index (χ1) is 15.9. The van der Waals surface area contributed by atoms with Gasteiger partial charge in [-0.15, -0.1) is 0 Å². The Balaban J connectivity index is 1.91. The zero-order valence-electron chi connectivity index (χ0n) is 18.3. The molecular weight excluding hydrogens is 426 g/mol. The number of ether oxygens (including phenoxy) is 2. The molecule has 0 bridgehead atoms. The van der Waals surface area contributed by atoms with E-state index in [1.165, 1.54) is 24.9 Å². The van der Waals surface area contributed by atoms with Crippen molar-refractivity contribution >= 4 is 23.1 Å². The normalized spacial score (nSPS) is 12.6. The Morgan fingerprint density at radius 3 is 2.45 bits per heavy atom. The molecule has 0 saturated carbocycles. The van der Waals surface area contributed by atoms with Gasteiger partial charge in [-0.05, 0) is 30.7 Å². The number of carboxylic acid groups (broad SMARTS) is 1. The predicted molar refractivity (Wildman–Crippen MR) is 121 cm³/mol. The molecule has 33 heavy (non-hydrogen) atoms. The average molecular weight is 449 g/mol. The first-order valence-electron chi connectivity index (χ1n) is 10.1. The molecule has 0 spiro atoms. The highest BCUT2D eigenvalue weighted by molar-refractivity contribution is 5.88. The number of hydrogen-bond acceptors (Lipinski definition) is 6. The highest BCUT2D eigenvalue weighted by Gasteiger charge is 2.45. The standard InChI is InChI=1S/C23H23N5O5/c1-15(16-8-7-13-24-14-16)27-20-18(25-21(27)29)11-12-19(26-20)28(22(30)31)23(32-2,33-3)17-9-5-4-6-10-17/h4-15H,1-3H3,(H,25,29)(H,30,31). The minimum Gasteiger partial charge on any atom is -0.464 e. The number of aromatic amines is 1. The molecule has 2 N–H and O–H groups in total. The zero-order valence-corrected chi connectivity index (χ0v) is 18.3. The van der Waals surface area contributed by atoms with E-state index in [2.05, 4.69) is 15.0 Å². The number of nitrogens with one attached hydrogen (secondary N) is 1. The summed E-state index contributed by atoms with van der Waals surface area (Å²) in [6, 6.07) is 15.0.